The number of anilines is 1. The van der Waals surface area contributed by atoms with Crippen LogP contribution < -0.4 is 5.32 Å². The fourth-order valence-electron chi connectivity index (χ4n) is 1.63. The molecule has 2 aromatic rings. The zero-order chi connectivity index (χ0) is 13.7. The summed E-state index contributed by atoms with van der Waals surface area (Å²) < 4.78 is 4.93. The molecule has 19 heavy (non-hydrogen) atoms. The van der Waals surface area contributed by atoms with Gasteiger partial charge in [0, 0.05) is 24.9 Å². The topological polar surface area (TPSA) is 76.7 Å². The van der Waals surface area contributed by atoms with Crippen LogP contribution in [0.25, 0.3) is 0 Å². The second kappa shape index (κ2) is 6.47. The fourth-order valence-corrected chi connectivity index (χ4v) is 1.82. The largest absolute Gasteiger partial charge is 0.369 e. The molecule has 2 rings (SSSR count). The van der Waals surface area contributed by atoms with Gasteiger partial charge in [0.25, 0.3) is 0 Å². The maximum absolute atomic E-state index is 6.10. The van der Waals surface area contributed by atoms with Crippen molar-refractivity contribution in [1.82, 2.24) is 20.1 Å². The van der Waals surface area contributed by atoms with E-state index in [4.69, 9.17) is 16.1 Å². The molecule has 0 aliphatic heterocycles. The zero-order valence-corrected chi connectivity index (χ0v) is 11.7. The summed E-state index contributed by atoms with van der Waals surface area (Å²) in [6, 6.07) is 0. The minimum Gasteiger partial charge on any atom is -0.369 e. The lowest BCUT2D eigenvalue weighted by atomic mass is 10.3. The molecular weight excluding hydrogens is 266 g/mol. The molecule has 0 radical (unpaired) electrons. The molecule has 0 aliphatic rings. The molecule has 2 aromatic heterocycles. The van der Waals surface area contributed by atoms with Gasteiger partial charge in [-0.2, -0.15) is 4.98 Å². The van der Waals surface area contributed by atoms with Crippen LogP contribution in [0.1, 0.15) is 30.6 Å². The van der Waals surface area contributed by atoms with E-state index in [1.54, 1.807) is 0 Å². The quantitative estimate of drug-likeness (QED) is 0.820. The SMILES string of the molecule is CCCc1nc(Cl)c(C)c(NCCc2ncno2)n1. The number of aromatic nitrogens is 4. The lowest BCUT2D eigenvalue weighted by molar-refractivity contribution is 0.379. The molecule has 102 valence electrons. The molecule has 0 fully saturated rings. The van der Waals surface area contributed by atoms with Crippen molar-refractivity contribution in [1.29, 1.82) is 0 Å². The minimum absolute atomic E-state index is 0.499. The van der Waals surface area contributed by atoms with E-state index in [-0.39, 0.29) is 0 Å². The van der Waals surface area contributed by atoms with Gasteiger partial charge >= 0.3 is 0 Å². The van der Waals surface area contributed by atoms with Gasteiger partial charge in [-0.1, -0.05) is 23.7 Å². The van der Waals surface area contributed by atoms with Crippen LogP contribution >= 0.6 is 11.6 Å². The van der Waals surface area contributed by atoms with Crippen LogP contribution in [0.3, 0.4) is 0 Å². The third kappa shape index (κ3) is 3.64. The summed E-state index contributed by atoms with van der Waals surface area (Å²) in [4.78, 5) is 12.7. The van der Waals surface area contributed by atoms with Gasteiger partial charge in [0.1, 0.15) is 16.8 Å². The number of rotatable bonds is 6. The highest BCUT2D eigenvalue weighted by Crippen LogP contribution is 2.20. The predicted octanol–water partition coefficient (Wildman–Crippen LogP) is 2.43. The molecule has 0 bridgehead atoms. The first kappa shape index (κ1) is 13.7. The van der Waals surface area contributed by atoms with Crippen LogP contribution in [0.4, 0.5) is 5.82 Å². The minimum atomic E-state index is 0.499. The van der Waals surface area contributed by atoms with Gasteiger partial charge in [-0.3, -0.25) is 0 Å². The van der Waals surface area contributed by atoms with E-state index < -0.39 is 0 Å². The summed E-state index contributed by atoms with van der Waals surface area (Å²) in [5.41, 5.74) is 0.854. The molecule has 0 saturated carbocycles. The molecule has 0 unspecified atom stereocenters. The monoisotopic (exact) mass is 281 g/mol. The Kier molecular flexibility index (Phi) is 4.68. The molecule has 2 heterocycles. The van der Waals surface area contributed by atoms with Crippen molar-refractivity contribution in [2.24, 2.45) is 0 Å². The van der Waals surface area contributed by atoms with Crippen LogP contribution in [0.5, 0.6) is 0 Å². The summed E-state index contributed by atoms with van der Waals surface area (Å²) in [5, 5.41) is 7.28. The highest BCUT2D eigenvalue weighted by Gasteiger charge is 2.09. The van der Waals surface area contributed by atoms with Crippen molar-refractivity contribution in [3.8, 4) is 0 Å². The van der Waals surface area contributed by atoms with Crippen molar-refractivity contribution < 1.29 is 4.52 Å². The molecule has 0 amide bonds. The first-order chi connectivity index (χ1) is 9.20. The highest BCUT2D eigenvalue weighted by molar-refractivity contribution is 6.30. The molecule has 1 N–H and O–H groups in total. The van der Waals surface area contributed by atoms with Gasteiger partial charge in [-0.15, -0.1) is 0 Å². The summed E-state index contributed by atoms with van der Waals surface area (Å²) in [6.07, 6.45) is 3.84. The van der Waals surface area contributed by atoms with E-state index in [0.717, 1.165) is 30.0 Å². The third-order valence-electron chi connectivity index (χ3n) is 2.64. The summed E-state index contributed by atoms with van der Waals surface area (Å²) >= 11 is 6.10. The van der Waals surface area contributed by atoms with E-state index in [1.807, 2.05) is 6.92 Å². The Morgan fingerprint density at radius 3 is 2.84 bits per heavy atom. The standard InChI is InChI=1S/C12H16ClN5O/c1-3-4-9-17-11(13)8(2)12(18-9)14-6-5-10-15-7-16-19-10/h7H,3-6H2,1-2H3,(H,14,17,18). The second-order valence-corrected chi connectivity index (χ2v) is 4.52. The van der Waals surface area contributed by atoms with E-state index in [9.17, 15) is 0 Å². The van der Waals surface area contributed by atoms with Gasteiger partial charge < -0.3 is 9.84 Å². The van der Waals surface area contributed by atoms with E-state index in [1.165, 1.54) is 6.33 Å². The van der Waals surface area contributed by atoms with E-state index >= 15 is 0 Å². The van der Waals surface area contributed by atoms with Gasteiger partial charge in [0.15, 0.2) is 6.33 Å². The summed E-state index contributed by atoms with van der Waals surface area (Å²) in [7, 11) is 0. The van der Waals surface area contributed by atoms with Gasteiger partial charge in [-0.05, 0) is 13.3 Å². The Bertz CT molecular complexity index is 529. The maximum Gasteiger partial charge on any atom is 0.228 e. The average Bonchev–Trinajstić information content (AvgIpc) is 2.88. The number of aryl methyl sites for hydroxylation is 1. The second-order valence-electron chi connectivity index (χ2n) is 4.17. The van der Waals surface area contributed by atoms with Crippen LogP contribution in [0, 0.1) is 6.92 Å². The van der Waals surface area contributed by atoms with Crippen molar-refractivity contribution >= 4 is 17.4 Å². The maximum atomic E-state index is 6.10. The normalized spacial score (nSPS) is 10.7. The molecule has 0 atom stereocenters. The van der Waals surface area contributed by atoms with Crippen LogP contribution in [-0.4, -0.2) is 26.7 Å². The van der Waals surface area contributed by atoms with Crippen LogP contribution in [0.15, 0.2) is 10.9 Å². The van der Waals surface area contributed by atoms with Crippen LogP contribution in [0.2, 0.25) is 5.15 Å². The Morgan fingerprint density at radius 2 is 2.16 bits per heavy atom. The molecule has 0 aliphatic carbocycles. The number of hydrogen-bond donors (Lipinski definition) is 1. The molecule has 0 saturated heterocycles. The van der Waals surface area contributed by atoms with Crippen molar-refractivity contribution in [3.05, 3.63) is 28.8 Å². The fraction of sp³-hybridized carbons (Fsp3) is 0.500. The number of nitrogens with zero attached hydrogens (tertiary/aromatic N) is 4. The Labute approximate surface area is 116 Å². The summed E-state index contributed by atoms with van der Waals surface area (Å²) in [5.74, 6) is 2.13. The summed E-state index contributed by atoms with van der Waals surface area (Å²) in [6.45, 7) is 4.63. The van der Waals surface area contributed by atoms with Gasteiger partial charge in [0.2, 0.25) is 5.89 Å². The van der Waals surface area contributed by atoms with Crippen LogP contribution in [-0.2, 0) is 12.8 Å². The molecule has 0 aromatic carbocycles. The highest BCUT2D eigenvalue weighted by atomic mass is 35.5. The van der Waals surface area contributed by atoms with Crippen molar-refractivity contribution in [2.45, 2.75) is 33.1 Å². The smallest absolute Gasteiger partial charge is 0.228 e. The molecule has 0 spiro atoms. The molecule has 6 nitrogen and oxygen atoms in total. The first-order valence-corrected chi connectivity index (χ1v) is 6.61. The Hall–Kier alpha value is -1.69. The molecule has 7 heteroatoms. The number of nitrogens with one attached hydrogen (secondary N) is 1. The number of hydrogen-bond acceptors (Lipinski definition) is 6. The lowest BCUT2D eigenvalue weighted by Crippen LogP contribution is -2.10. The van der Waals surface area contributed by atoms with E-state index in [0.29, 0.717) is 24.0 Å². The van der Waals surface area contributed by atoms with Crippen molar-refractivity contribution in [3.63, 3.8) is 0 Å². The number of halogens is 1. The Morgan fingerprint density at radius 1 is 1.32 bits per heavy atom. The van der Waals surface area contributed by atoms with E-state index in [2.05, 4.69) is 32.3 Å². The molecular formula is C12H16ClN5O. The average molecular weight is 282 g/mol. The van der Waals surface area contributed by atoms with Gasteiger partial charge in [-0.25, -0.2) is 9.97 Å². The predicted molar refractivity (Wildman–Crippen MR) is 72.3 cm³/mol. The zero-order valence-electron chi connectivity index (χ0n) is 11.0. The first-order valence-electron chi connectivity index (χ1n) is 6.23. The Balaban J connectivity index is 2.02. The third-order valence-corrected chi connectivity index (χ3v) is 3.01. The van der Waals surface area contributed by atoms with Crippen molar-refractivity contribution in [2.75, 3.05) is 11.9 Å². The van der Waals surface area contributed by atoms with Gasteiger partial charge in [0.05, 0.1) is 0 Å². The lowest BCUT2D eigenvalue weighted by Gasteiger charge is -2.10.